The maximum Gasteiger partial charge on any atom is 0.336 e. The van der Waals surface area contributed by atoms with Gasteiger partial charge in [-0.05, 0) is 24.3 Å². The van der Waals surface area contributed by atoms with Crippen molar-refractivity contribution in [1.29, 1.82) is 0 Å². The van der Waals surface area contributed by atoms with E-state index in [-0.39, 0.29) is 18.0 Å². The van der Waals surface area contributed by atoms with Gasteiger partial charge in [-0.15, -0.1) is 0 Å². The van der Waals surface area contributed by atoms with Crippen LogP contribution in [0.25, 0.3) is 21.9 Å². The van der Waals surface area contributed by atoms with Crippen molar-refractivity contribution in [3.63, 3.8) is 0 Å². The Morgan fingerprint density at radius 3 is 2.70 bits per heavy atom. The highest BCUT2D eigenvalue weighted by Crippen LogP contribution is 2.35. The topological polar surface area (TPSA) is 52.6 Å². The molecule has 114 valence electrons. The molecule has 4 rings (SSSR count). The molecule has 2 heterocycles. The van der Waals surface area contributed by atoms with Crippen LogP contribution in [0.1, 0.15) is 5.56 Å². The molecule has 0 amide bonds. The van der Waals surface area contributed by atoms with E-state index in [0.717, 1.165) is 5.39 Å². The fourth-order valence-electron chi connectivity index (χ4n) is 2.50. The quantitative estimate of drug-likeness (QED) is 0.531. The fraction of sp³-hybridized carbons (Fsp3) is 0.0556. The lowest BCUT2D eigenvalue weighted by atomic mass is 10.1. The summed E-state index contributed by atoms with van der Waals surface area (Å²) in [5, 5.41) is 1.52. The highest BCUT2D eigenvalue weighted by Gasteiger charge is 2.15. The van der Waals surface area contributed by atoms with Gasteiger partial charge in [-0.3, -0.25) is 0 Å². The zero-order chi connectivity index (χ0) is 15.8. The summed E-state index contributed by atoms with van der Waals surface area (Å²) >= 11 is 0. The first-order chi connectivity index (χ1) is 11.2. The van der Waals surface area contributed by atoms with Gasteiger partial charge in [0.15, 0.2) is 11.2 Å². The van der Waals surface area contributed by atoms with Crippen LogP contribution in [-0.4, -0.2) is 0 Å². The number of benzene rings is 2. The van der Waals surface area contributed by atoms with Crippen molar-refractivity contribution in [3.05, 3.63) is 76.6 Å². The molecule has 0 bridgehead atoms. The SMILES string of the molecule is O=c1ccc2cc3ccoc3c(OCc3ccccc3F)c2o1. The van der Waals surface area contributed by atoms with Crippen LogP contribution in [0, 0.1) is 5.82 Å². The minimum atomic E-state index is -0.487. The second-order valence-corrected chi connectivity index (χ2v) is 5.10. The Morgan fingerprint density at radius 1 is 1.00 bits per heavy atom. The molecule has 0 unspecified atom stereocenters. The van der Waals surface area contributed by atoms with Gasteiger partial charge in [0.1, 0.15) is 12.4 Å². The maximum absolute atomic E-state index is 13.7. The molecule has 0 aliphatic carbocycles. The molecule has 23 heavy (non-hydrogen) atoms. The van der Waals surface area contributed by atoms with Crippen LogP contribution in [0.2, 0.25) is 0 Å². The Hall–Kier alpha value is -3.08. The van der Waals surface area contributed by atoms with E-state index in [4.69, 9.17) is 13.6 Å². The molecule has 0 N–H and O–H groups in total. The summed E-state index contributed by atoms with van der Waals surface area (Å²) in [4.78, 5) is 11.5. The van der Waals surface area contributed by atoms with Crippen LogP contribution in [-0.2, 0) is 6.61 Å². The molecule has 0 radical (unpaired) electrons. The monoisotopic (exact) mass is 310 g/mol. The van der Waals surface area contributed by atoms with E-state index in [9.17, 15) is 9.18 Å². The Labute approximate surface area is 129 Å². The normalized spacial score (nSPS) is 11.2. The molecular formula is C18H11FO4. The average Bonchev–Trinajstić information content (AvgIpc) is 3.01. The van der Waals surface area contributed by atoms with Crippen LogP contribution in [0.15, 0.2) is 68.4 Å². The molecule has 4 nitrogen and oxygen atoms in total. The first-order valence-corrected chi connectivity index (χ1v) is 7.02. The van der Waals surface area contributed by atoms with E-state index in [1.54, 1.807) is 30.3 Å². The Balaban J connectivity index is 1.86. The summed E-state index contributed by atoms with van der Waals surface area (Å²) < 4.78 is 30.2. The van der Waals surface area contributed by atoms with E-state index in [1.807, 2.05) is 6.07 Å². The molecule has 0 saturated carbocycles. The van der Waals surface area contributed by atoms with Gasteiger partial charge in [0.2, 0.25) is 5.75 Å². The first kappa shape index (κ1) is 13.6. The third-order valence-electron chi connectivity index (χ3n) is 3.61. The van der Waals surface area contributed by atoms with Crippen LogP contribution >= 0.6 is 0 Å². The van der Waals surface area contributed by atoms with Crippen LogP contribution < -0.4 is 10.4 Å². The Morgan fingerprint density at radius 2 is 1.83 bits per heavy atom. The Kier molecular flexibility index (Phi) is 3.12. The van der Waals surface area contributed by atoms with E-state index < -0.39 is 5.63 Å². The molecule has 0 spiro atoms. The molecule has 2 aromatic carbocycles. The lowest BCUT2D eigenvalue weighted by Gasteiger charge is -2.09. The second kappa shape index (κ2) is 5.28. The standard InChI is InChI=1S/C18H11FO4/c19-14-4-2-1-3-13(14)10-22-18-16-12(7-8-21-16)9-11-5-6-15(20)23-17(11)18/h1-9H,10H2. The van der Waals surface area contributed by atoms with Crippen LogP contribution in [0.5, 0.6) is 5.75 Å². The van der Waals surface area contributed by atoms with E-state index in [2.05, 4.69) is 0 Å². The van der Waals surface area contributed by atoms with E-state index >= 15 is 0 Å². The highest BCUT2D eigenvalue weighted by molar-refractivity contribution is 5.99. The third kappa shape index (κ3) is 2.36. The number of ether oxygens (including phenoxy) is 1. The Bertz CT molecular complexity index is 1060. The number of hydrogen-bond acceptors (Lipinski definition) is 4. The van der Waals surface area contributed by atoms with Crippen molar-refractivity contribution in [3.8, 4) is 5.75 Å². The second-order valence-electron chi connectivity index (χ2n) is 5.10. The summed E-state index contributed by atoms with van der Waals surface area (Å²) in [6, 6.07) is 13.0. The van der Waals surface area contributed by atoms with Crippen molar-refractivity contribution in [2.24, 2.45) is 0 Å². The highest BCUT2D eigenvalue weighted by atomic mass is 19.1. The first-order valence-electron chi connectivity index (χ1n) is 7.02. The van der Waals surface area contributed by atoms with Gasteiger partial charge in [0.25, 0.3) is 0 Å². The van der Waals surface area contributed by atoms with Crippen molar-refractivity contribution in [2.75, 3.05) is 0 Å². The summed E-state index contributed by atoms with van der Waals surface area (Å²) in [6.07, 6.45) is 1.53. The van der Waals surface area contributed by atoms with Gasteiger partial charge in [-0.1, -0.05) is 18.2 Å². The van der Waals surface area contributed by atoms with Crippen LogP contribution in [0.4, 0.5) is 4.39 Å². The summed E-state index contributed by atoms with van der Waals surface area (Å²) in [5.41, 5.74) is 0.668. The van der Waals surface area contributed by atoms with Gasteiger partial charge in [0.05, 0.1) is 6.26 Å². The molecule has 0 aliphatic rings. The molecule has 0 fully saturated rings. The van der Waals surface area contributed by atoms with Crippen LogP contribution in [0.3, 0.4) is 0 Å². The van der Waals surface area contributed by atoms with Crippen molar-refractivity contribution in [2.45, 2.75) is 6.61 Å². The molecular weight excluding hydrogens is 299 g/mol. The number of rotatable bonds is 3. The van der Waals surface area contributed by atoms with Gasteiger partial charge < -0.3 is 13.6 Å². The lowest BCUT2D eigenvalue weighted by Crippen LogP contribution is -2.01. The molecule has 2 aromatic heterocycles. The maximum atomic E-state index is 13.7. The average molecular weight is 310 g/mol. The molecule has 4 aromatic rings. The number of halogens is 1. The van der Waals surface area contributed by atoms with Crippen molar-refractivity contribution < 1.29 is 18.0 Å². The number of hydrogen-bond donors (Lipinski definition) is 0. The molecule has 5 heteroatoms. The zero-order valence-electron chi connectivity index (χ0n) is 11.9. The van der Waals surface area contributed by atoms with Gasteiger partial charge in [-0.25, -0.2) is 9.18 Å². The predicted octanol–water partition coefficient (Wildman–Crippen LogP) is 4.26. The van der Waals surface area contributed by atoms with Crippen molar-refractivity contribution in [1.82, 2.24) is 0 Å². The van der Waals surface area contributed by atoms with E-state index in [0.29, 0.717) is 22.3 Å². The smallest absolute Gasteiger partial charge is 0.336 e. The predicted molar refractivity (Wildman–Crippen MR) is 83.0 cm³/mol. The fourth-order valence-corrected chi connectivity index (χ4v) is 2.50. The van der Waals surface area contributed by atoms with Gasteiger partial charge in [-0.2, -0.15) is 0 Å². The zero-order valence-corrected chi connectivity index (χ0v) is 11.9. The largest absolute Gasteiger partial charge is 0.481 e. The van der Waals surface area contributed by atoms with E-state index in [1.165, 1.54) is 18.4 Å². The minimum absolute atomic E-state index is 0.000190. The summed E-state index contributed by atoms with van der Waals surface area (Å²) in [6.45, 7) is 0.000190. The molecule has 0 aliphatic heterocycles. The third-order valence-corrected chi connectivity index (χ3v) is 3.61. The van der Waals surface area contributed by atoms with Crippen molar-refractivity contribution >= 4 is 21.9 Å². The number of furan rings is 1. The van der Waals surface area contributed by atoms with Gasteiger partial charge >= 0.3 is 5.63 Å². The molecule has 0 atom stereocenters. The summed E-state index contributed by atoms with van der Waals surface area (Å²) in [5.74, 6) is -0.0617. The van der Waals surface area contributed by atoms with Gasteiger partial charge in [0, 0.05) is 22.4 Å². The summed E-state index contributed by atoms with van der Waals surface area (Å²) in [7, 11) is 0. The number of fused-ring (bicyclic) bond motifs is 2. The molecule has 0 saturated heterocycles. The minimum Gasteiger partial charge on any atom is -0.481 e. The lowest BCUT2D eigenvalue weighted by molar-refractivity contribution is 0.297.